The molecule has 0 aliphatic carbocycles. The number of alkyl halides is 3. The lowest BCUT2D eigenvalue weighted by Crippen LogP contribution is -2.05. The summed E-state index contributed by atoms with van der Waals surface area (Å²) in [5.74, 6) is -2.29. The summed E-state index contributed by atoms with van der Waals surface area (Å²) in [6.07, 6.45) is -2.90. The molecule has 3 rings (SSSR count). The van der Waals surface area contributed by atoms with Crippen molar-refractivity contribution in [3.05, 3.63) is 46.3 Å². The number of halogens is 3. The van der Waals surface area contributed by atoms with Crippen LogP contribution in [0.2, 0.25) is 0 Å². The number of pyridine rings is 1. The van der Waals surface area contributed by atoms with Crippen LogP contribution in [0, 0.1) is 10.1 Å². The van der Waals surface area contributed by atoms with Crippen LogP contribution in [0.1, 0.15) is 5.56 Å². The highest BCUT2D eigenvalue weighted by Crippen LogP contribution is 2.39. The van der Waals surface area contributed by atoms with Crippen molar-refractivity contribution in [3.63, 3.8) is 0 Å². The topological polar surface area (TPSA) is 135 Å². The van der Waals surface area contributed by atoms with Crippen molar-refractivity contribution < 1.29 is 32.8 Å². The molecular formula is C14H7F3N4O5. The third-order valence-electron chi connectivity index (χ3n) is 3.26. The normalized spacial score (nSPS) is 11.5. The molecule has 0 saturated carbocycles. The van der Waals surface area contributed by atoms with Crippen molar-refractivity contribution in [1.82, 2.24) is 15.1 Å². The summed E-state index contributed by atoms with van der Waals surface area (Å²) in [6.45, 7) is 0. The summed E-state index contributed by atoms with van der Waals surface area (Å²) in [7, 11) is 0. The Bertz CT molecular complexity index is 1000. The number of phenols is 2. The van der Waals surface area contributed by atoms with Gasteiger partial charge in [0.2, 0.25) is 11.6 Å². The molecule has 0 aliphatic heterocycles. The lowest BCUT2D eigenvalue weighted by molar-refractivity contribution is -0.385. The van der Waals surface area contributed by atoms with E-state index in [2.05, 4.69) is 15.1 Å². The van der Waals surface area contributed by atoms with E-state index in [1.807, 2.05) is 0 Å². The minimum atomic E-state index is -4.61. The first kappa shape index (κ1) is 17.1. The number of nitrogens with zero attached hydrogens (tertiary/aromatic N) is 4. The van der Waals surface area contributed by atoms with Crippen molar-refractivity contribution in [2.45, 2.75) is 6.18 Å². The minimum absolute atomic E-state index is 0.0904. The first-order valence-corrected chi connectivity index (χ1v) is 6.74. The third-order valence-corrected chi connectivity index (χ3v) is 3.26. The van der Waals surface area contributed by atoms with Crippen molar-refractivity contribution >= 4 is 5.69 Å². The van der Waals surface area contributed by atoms with Gasteiger partial charge in [0, 0.05) is 24.0 Å². The zero-order valence-electron chi connectivity index (χ0n) is 12.4. The number of benzene rings is 1. The lowest BCUT2D eigenvalue weighted by atomic mass is 10.1. The Labute approximate surface area is 141 Å². The van der Waals surface area contributed by atoms with Crippen LogP contribution in [0.5, 0.6) is 11.5 Å². The van der Waals surface area contributed by atoms with Crippen LogP contribution in [-0.2, 0) is 6.18 Å². The van der Waals surface area contributed by atoms with Crippen LogP contribution < -0.4 is 0 Å². The summed E-state index contributed by atoms with van der Waals surface area (Å²) in [5, 5.41) is 33.4. The van der Waals surface area contributed by atoms with Gasteiger partial charge in [0.05, 0.1) is 16.1 Å². The van der Waals surface area contributed by atoms with Gasteiger partial charge in [-0.1, -0.05) is 5.16 Å². The second-order valence-corrected chi connectivity index (χ2v) is 5.00. The Morgan fingerprint density at radius 2 is 1.85 bits per heavy atom. The smallest absolute Gasteiger partial charge is 0.417 e. The van der Waals surface area contributed by atoms with E-state index >= 15 is 0 Å². The van der Waals surface area contributed by atoms with Crippen molar-refractivity contribution in [1.29, 1.82) is 0 Å². The highest BCUT2D eigenvalue weighted by Gasteiger charge is 2.31. The molecule has 0 aliphatic rings. The molecule has 0 amide bonds. The zero-order chi connectivity index (χ0) is 19.1. The molecule has 2 heterocycles. The minimum Gasteiger partial charge on any atom is -0.504 e. The van der Waals surface area contributed by atoms with Gasteiger partial charge >= 0.3 is 11.9 Å². The maximum Gasteiger partial charge on any atom is 0.417 e. The van der Waals surface area contributed by atoms with E-state index < -0.39 is 33.8 Å². The zero-order valence-corrected chi connectivity index (χ0v) is 12.4. The lowest BCUT2D eigenvalue weighted by Gasteiger charge is -2.05. The van der Waals surface area contributed by atoms with E-state index in [0.29, 0.717) is 6.20 Å². The molecule has 134 valence electrons. The number of aromatic nitrogens is 3. The summed E-state index contributed by atoms with van der Waals surface area (Å²) < 4.78 is 43.1. The van der Waals surface area contributed by atoms with Crippen LogP contribution in [0.3, 0.4) is 0 Å². The molecule has 2 N–H and O–H groups in total. The summed E-state index contributed by atoms with van der Waals surface area (Å²) in [5.41, 5.74) is -2.02. The molecule has 3 aromatic rings. The maximum atomic E-state index is 12.7. The summed E-state index contributed by atoms with van der Waals surface area (Å²) in [4.78, 5) is 17.2. The number of aromatic hydroxyl groups is 2. The Morgan fingerprint density at radius 1 is 1.12 bits per heavy atom. The Kier molecular flexibility index (Phi) is 3.94. The summed E-state index contributed by atoms with van der Waals surface area (Å²) in [6, 6.07) is 2.57. The molecule has 9 nitrogen and oxygen atoms in total. The van der Waals surface area contributed by atoms with Gasteiger partial charge in [0.1, 0.15) is 0 Å². The second kappa shape index (κ2) is 5.98. The first-order chi connectivity index (χ1) is 12.2. The summed E-state index contributed by atoms with van der Waals surface area (Å²) >= 11 is 0. The number of nitro benzene ring substituents is 1. The van der Waals surface area contributed by atoms with Gasteiger partial charge in [0.25, 0.3) is 5.89 Å². The fourth-order valence-corrected chi connectivity index (χ4v) is 2.04. The second-order valence-electron chi connectivity index (χ2n) is 5.00. The Hall–Kier alpha value is -3.70. The van der Waals surface area contributed by atoms with E-state index in [9.17, 15) is 33.5 Å². The third kappa shape index (κ3) is 3.11. The fourth-order valence-electron chi connectivity index (χ4n) is 2.04. The number of rotatable bonds is 3. The van der Waals surface area contributed by atoms with Crippen molar-refractivity contribution in [2.24, 2.45) is 0 Å². The SMILES string of the molecule is O=[N+]([O-])c1cc(-c2nc(-c3cncc(C(F)(F)F)c3)no2)cc(O)c1O. The van der Waals surface area contributed by atoms with Gasteiger partial charge in [-0.2, -0.15) is 18.2 Å². The molecule has 0 unspecified atom stereocenters. The van der Waals surface area contributed by atoms with Gasteiger partial charge < -0.3 is 14.7 Å². The van der Waals surface area contributed by atoms with E-state index in [-0.39, 0.29) is 22.8 Å². The highest BCUT2D eigenvalue weighted by molar-refractivity contribution is 5.68. The molecule has 2 aromatic heterocycles. The molecule has 0 spiro atoms. The number of phenolic OH excluding ortho intramolecular Hbond substituents is 2. The highest BCUT2D eigenvalue weighted by atomic mass is 19.4. The maximum absolute atomic E-state index is 12.7. The van der Waals surface area contributed by atoms with E-state index in [1.54, 1.807) is 0 Å². The molecule has 0 bridgehead atoms. The fraction of sp³-hybridized carbons (Fsp3) is 0.0714. The van der Waals surface area contributed by atoms with Crippen LogP contribution in [0.4, 0.5) is 18.9 Å². The van der Waals surface area contributed by atoms with Gasteiger partial charge in [0.15, 0.2) is 5.75 Å². The monoisotopic (exact) mass is 368 g/mol. The van der Waals surface area contributed by atoms with Gasteiger partial charge in [-0.15, -0.1) is 0 Å². The molecular weight excluding hydrogens is 361 g/mol. The van der Waals surface area contributed by atoms with Crippen LogP contribution in [0.15, 0.2) is 35.1 Å². The molecule has 26 heavy (non-hydrogen) atoms. The number of hydrogen-bond donors (Lipinski definition) is 2. The quantitative estimate of drug-likeness (QED) is 0.409. The van der Waals surface area contributed by atoms with Crippen LogP contribution in [-0.4, -0.2) is 30.3 Å². The van der Waals surface area contributed by atoms with E-state index in [0.717, 1.165) is 24.4 Å². The first-order valence-electron chi connectivity index (χ1n) is 6.74. The largest absolute Gasteiger partial charge is 0.504 e. The predicted molar refractivity (Wildman–Crippen MR) is 78.0 cm³/mol. The van der Waals surface area contributed by atoms with Crippen LogP contribution >= 0.6 is 0 Å². The van der Waals surface area contributed by atoms with Crippen molar-refractivity contribution in [3.8, 4) is 34.3 Å². The average molecular weight is 368 g/mol. The van der Waals surface area contributed by atoms with E-state index in [4.69, 9.17) is 4.52 Å². The molecule has 0 saturated heterocycles. The molecule has 1 aromatic carbocycles. The van der Waals surface area contributed by atoms with Gasteiger partial charge in [-0.3, -0.25) is 15.1 Å². The van der Waals surface area contributed by atoms with E-state index in [1.165, 1.54) is 0 Å². The molecule has 0 fully saturated rings. The van der Waals surface area contributed by atoms with Crippen molar-refractivity contribution in [2.75, 3.05) is 0 Å². The average Bonchev–Trinajstić information content (AvgIpc) is 3.06. The number of nitro groups is 1. The standard InChI is InChI=1S/C14H7F3N4O5/c15-14(16,17)8-1-7(4-18-5-8)12-19-13(26-20-12)6-2-9(21(24)25)11(23)10(22)3-6/h1-5,22-23H. The number of hydrogen-bond acceptors (Lipinski definition) is 8. The Balaban J connectivity index is 2.03. The van der Waals surface area contributed by atoms with Gasteiger partial charge in [-0.05, 0) is 12.1 Å². The van der Waals surface area contributed by atoms with Crippen LogP contribution in [0.25, 0.3) is 22.8 Å². The predicted octanol–water partition coefficient (Wildman–Crippen LogP) is 3.14. The van der Waals surface area contributed by atoms with Gasteiger partial charge in [-0.25, -0.2) is 0 Å². The molecule has 12 heteroatoms. The molecule has 0 atom stereocenters. The Morgan fingerprint density at radius 3 is 2.50 bits per heavy atom. The molecule has 0 radical (unpaired) electrons.